The summed E-state index contributed by atoms with van der Waals surface area (Å²) < 4.78 is 0. The molecule has 2 aliphatic rings. The third-order valence-corrected chi connectivity index (χ3v) is 11.9. The molecule has 0 radical (unpaired) electrons. The van der Waals surface area contributed by atoms with Gasteiger partial charge in [-0.1, -0.05) is 57.2 Å². The molecule has 3 aromatic heterocycles. The third-order valence-electron chi connectivity index (χ3n) is 11.0. The minimum Gasteiger partial charge on any atom is -0.507 e. The quantitative estimate of drug-likeness (QED) is 0.132. The van der Waals surface area contributed by atoms with Crippen molar-refractivity contribution in [1.29, 1.82) is 0 Å². The predicted molar refractivity (Wildman–Crippen MR) is 228 cm³/mol. The van der Waals surface area contributed by atoms with Gasteiger partial charge in [-0.2, -0.15) is 0 Å². The SMILES string of the molecule is Cc1ncsc1-c1ccc(C(C)NC(=O)C2CC(O)CN2C(=O)C(NC(=O)c2ccnc(N3CCN(c4cc(-c5ccccc5O)nnc4N)CC3)c2)C(C)(C)C)cc1. The molecule has 7 rings (SSSR count). The number of aliphatic hydroxyl groups is 1. The van der Waals surface area contributed by atoms with Gasteiger partial charge in [0.15, 0.2) is 5.82 Å². The number of aryl methyl sites for hydroxylation is 1. The molecule has 3 amide bonds. The fourth-order valence-corrected chi connectivity index (χ4v) is 8.42. The number of amides is 3. The molecule has 0 spiro atoms. The molecule has 0 saturated carbocycles. The van der Waals surface area contributed by atoms with E-state index in [1.54, 1.807) is 47.9 Å². The highest BCUT2D eigenvalue weighted by Crippen LogP contribution is 2.33. The minimum absolute atomic E-state index is 0.0285. The monoisotopic (exact) mass is 818 g/mol. The van der Waals surface area contributed by atoms with Crippen LogP contribution in [0.1, 0.15) is 61.8 Å². The maximum atomic E-state index is 14.3. The first-order valence-electron chi connectivity index (χ1n) is 19.7. The summed E-state index contributed by atoms with van der Waals surface area (Å²) in [6.07, 6.45) is 0.763. The number of anilines is 3. The Morgan fingerprint density at radius 2 is 1.64 bits per heavy atom. The van der Waals surface area contributed by atoms with E-state index < -0.39 is 35.4 Å². The van der Waals surface area contributed by atoms with Crippen LogP contribution in [-0.2, 0) is 9.59 Å². The van der Waals surface area contributed by atoms with Crippen LogP contribution < -0.4 is 26.2 Å². The molecule has 2 aliphatic heterocycles. The molecule has 0 bridgehead atoms. The number of aromatic hydroxyl groups is 1. The Morgan fingerprint density at radius 1 is 0.932 bits per heavy atom. The first-order chi connectivity index (χ1) is 28.2. The van der Waals surface area contributed by atoms with Crippen LogP contribution in [-0.4, -0.2) is 104 Å². The summed E-state index contributed by atoms with van der Waals surface area (Å²) in [5, 5.41) is 35.4. The normalized spacial score (nSPS) is 18.0. The van der Waals surface area contributed by atoms with Crippen LogP contribution in [0.5, 0.6) is 5.75 Å². The second kappa shape index (κ2) is 17.0. The van der Waals surface area contributed by atoms with Gasteiger partial charge in [-0.3, -0.25) is 14.4 Å². The topological polar surface area (TPSA) is 203 Å². The average Bonchev–Trinajstić information content (AvgIpc) is 3.85. The Bertz CT molecular complexity index is 2320. The van der Waals surface area contributed by atoms with Crippen molar-refractivity contribution in [2.45, 2.75) is 65.3 Å². The lowest BCUT2D eigenvalue weighted by Gasteiger charge is -2.37. The number of para-hydroxylation sites is 1. The molecular weight excluding hydrogens is 769 g/mol. The zero-order chi connectivity index (χ0) is 42.0. The first-order valence-corrected chi connectivity index (χ1v) is 20.5. The van der Waals surface area contributed by atoms with Crippen LogP contribution in [0.15, 0.2) is 78.4 Å². The van der Waals surface area contributed by atoms with E-state index >= 15 is 0 Å². The van der Waals surface area contributed by atoms with Gasteiger partial charge in [0.2, 0.25) is 11.8 Å². The number of aromatic nitrogens is 4. The fraction of sp³-hybridized carbons (Fsp3) is 0.372. The number of β-amino-alcohol motifs (C(OH)–C–C–N with tert-alkyl or cyclic N) is 1. The highest BCUT2D eigenvalue weighted by atomic mass is 32.1. The van der Waals surface area contributed by atoms with E-state index in [0.717, 1.165) is 21.7 Å². The molecule has 16 heteroatoms. The summed E-state index contributed by atoms with van der Waals surface area (Å²) in [5.74, 6) is -0.287. The molecule has 2 aromatic carbocycles. The Labute approximate surface area is 347 Å². The zero-order valence-corrected chi connectivity index (χ0v) is 34.6. The van der Waals surface area contributed by atoms with Gasteiger partial charge >= 0.3 is 0 Å². The number of phenols is 1. The number of likely N-dealkylation sites (tertiary alicyclic amines) is 1. The lowest BCUT2D eigenvalue weighted by molar-refractivity contribution is -0.142. The van der Waals surface area contributed by atoms with E-state index in [0.29, 0.717) is 54.5 Å². The highest BCUT2D eigenvalue weighted by molar-refractivity contribution is 7.13. The number of nitrogen functional groups attached to an aromatic ring is 1. The zero-order valence-electron chi connectivity index (χ0n) is 33.8. The second-order valence-electron chi connectivity index (χ2n) is 16.2. The largest absolute Gasteiger partial charge is 0.507 e. The fourth-order valence-electron chi connectivity index (χ4n) is 7.61. The van der Waals surface area contributed by atoms with E-state index in [4.69, 9.17) is 5.73 Å². The summed E-state index contributed by atoms with van der Waals surface area (Å²) in [7, 11) is 0. The van der Waals surface area contributed by atoms with Crippen LogP contribution in [0.25, 0.3) is 21.7 Å². The van der Waals surface area contributed by atoms with Gasteiger partial charge in [0.1, 0.15) is 23.7 Å². The van der Waals surface area contributed by atoms with E-state index in [1.807, 2.05) is 76.5 Å². The minimum atomic E-state index is -1.00. The molecule has 4 atom stereocenters. The third kappa shape index (κ3) is 8.98. The van der Waals surface area contributed by atoms with Gasteiger partial charge in [-0.05, 0) is 60.7 Å². The number of rotatable bonds is 10. The number of carbonyl (C=O) groups excluding carboxylic acids is 3. The average molecular weight is 819 g/mol. The summed E-state index contributed by atoms with van der Waals surface area (Å²) in [4.78, 5) is 57.5. The Kier molecular flexibility index (Phi) is 11.8. The molecule has 5 aromatic rings. The summed E-state index contributed by atoms with van der Waals surface area (Å²) in [6.45, 7) is 11.7. The Morgan fingerprint density at radius 3 is 2.32 bits per heavy atom. The molecule has 0 aliphatic carbocycles. The van der Waals surface area contributed by atoms with E-state index in [9.17, 15) is 24.6 Å². The lowest BCUT2D eigenvalue weighted by atomic mass is 9.85. The summed E-state index contributed by atoms with van der Waals surface area (Å²) in [5.41, 5.74) is 12.3. The summed E-state index contributed by atoms with van der Waals surface area (Å²) in [6, 6.07) is 17.7. The number of pyridine rings is 1. The van der Waals surface area contributed by atoms with Crippen LogP contribution in [0.4, 0.5) is 17.3 Å². The van der Waals surface area contributed by atoms with Crippen LogP contribution in [0.3, 0.4) is 0 Å². The molecule has 2 fully saturated rings. The number of phenolic OH excluding ortho intramolecular Hbond substituents is 1. The van der Waals surface area contributed by atoms with Crippen molar-refractivity contribution in [3.8, 4) is 27.4 Å². The molecule has 308 valence electrons. The standard InChI is InChI=1S/C43H50N10O5S/c1-25(27-10-12-28(13-11-27)37-26(2)46-24-59-37)47-41(57)34-21-30(54)23-53(34)42(58)38(43(3,4)5)48-40(56)29-14-15-45-36(20-29)52-18-16-51(17-19-52)33-22-32(49-50-39(33)44)31-8-6-7-9-35(31)55/h6-15,20,22,24-25,30,34,38,54-55H,16-19,21,23H2,1-5H3,(H2,44,50)(H,47,57)(H,48,56). The number of nitrogens with zero attached hydrogens (tertiary/aromatic N) is 7. The highest BCUT2D eigenvalue weighted by Gasteiger charge is 2.45. The van der Waals surface area contributed by atoms with E-state index in [1.165, 1.54) is 4.90 Å². The maximum absolute atomic E-state index is 14.3. The second-order valence-corrected chi connectivity index (χ2v) is 17.0. The van der Waals surface area contributed by atoms with Gasteiger partial charge in [-0.25, -0.2) is 9.97 Å². The van der Waals surface area contributed by atoms with Crippen molar-refractivity contribution in [2.24, 2.45) is 5.41 Å². The molecule has 6 N–H and O–H groups in total. The lowest BCUT2D eigenvalue weighted by Crippen LogP contribution is -2.57. The van der Waals surface area contributed by atoms with Gasteiger partial charge in [0.25, 0.3) is 5.91 Å². The van der Waals surface area contributed by atoms with Gasteiger partial charge in [-0.15, -0.1) is 21.5 Å². The van der Waals surface area contributed by atoms with Crippen molar-refractivity contribution < 1.29 is 24.6 Å². The van der Waals surface area contributed by atoms with E-state index in [2.05, 4.69) is 40.6 Å². The van der Waals surface area contributed by atoms with Crippen molar-refractivity contribution in [3.63, 3.8) is 0 Å². The molecule has 15 nitrogen and oxygen atoms in total. The van der Waals surface area contributed by atoms with Crippen LogP contribution in [0.2, 0.25) is 0 Å². The number of hydrogen-bond donors (Lipinski definition) is 5. The number of hydrogen-bond acceptors (Lipinski definition) is 13. The van der Waals surface area contributed by atoms with Crippen molar-refractivity contribution in [1.82, 2.24) is 35.7 Å². The smallest absolute Gasteiger partial charge is 0.252 e. The van der Waals surface area contributed by atoms with Gasteiger partial charge < -0.3 is 41.3 Å². The number of aliphatic hydroxyl groups excluding tert-OH is 1. The number of nitrogens with one attached hydrogen (secondary N) is 2. The van der Waals surface area contributed by atoms with Crippen molar-refractivity contribution in [2.75, 3.05) is 48.3 Å². The molecule has 4 unspecified atom stereocenters. The number of piperazine rings is 1. The van der Waals surface area contributed by atoms with Gasteiger partial charge in [0, 0.05) is 56.5 Å². The Balaban J connectivity index is 0.996. The maximum Gasteiger partial charge on any atom is 0.252 e. The molecule has 2 saturated heterocycles. The number of carbonyl (C=O) groups is 3. The first kappa shape index (κ1) is 41.0. The van der Waals surface area contributed by atoms with E-state index in [-0.39, 0.29) is 36.5 Å². The molecule has 5 heterocycles. The number of benzene rings is 2. The number of nitrogens with two attached hydrogens (primary N) is 1. The van der Waals surface area contributed by atoms with Crippen molar-refractivity contribution in [3.05, 3.63) is 95.3 Å². The van der Waals surface area contributed by atoms with Crippen molar-refractivity contribution >= 4 is 46.4 Å². The molecular formula is C43H50N10O5S. The van der Waals surface area contributed by atoms with Crippen LogP contribution >= 0.6 is 11.3 Å². The van der Waals surface area contributed by atoms with Crippen LogP contribution in [0, 0.1) is 12.3 Å². The number of thiazole rings is 1. The van der Waals surface area contributed by atoms with Gasteiger partial charge in [0.05, 0.1) is 39.6 Å². The predicted octanol–water partition coefficient (Wildman–Crippen LogP) is 4.57. The molecule has 59 heavy (non-hydrogen) atoms. The Hall–Kier alpha value is -6.13. The summed E-state index contributed by atoms with van der Waals surface area (Å²) >= 11 is 1.57.